The van der Waals surface area contributed by atoms with Crippen LogP contribution in [0.4, 0.5) is 10.5 Å². The molecule has 0 radical (unpaired) electrons. The van der Waals surface area contributed by atoms with Crippen molar-refractivity contribution in [2.75, 3.05) is 18.4 Å². The molecule has 5 heteroatoms. The van der Waals surface area contributed by atoms with Crippen LogP contribution in [0.15, 0.2) is 48.5 Å². The Balaban J connectivity index is 1.49. The standard InChI is InChI=1S/C19H21ClN2O2/c20-17-7-3-14(4-8-17)13-24-19(23)22-18-9-5-15(6-10-18)16-2-1-11-21-12-16/h3-10,16,21H,1-2,11-13H2,(H,22,23)/t16-/m1/s1. The molecule has 0 spiro atoms. The lowest BCUT2D eigenvalue weighted by atomic mass is 9.92. The molecule has 126 valence electrons. The van der Waals surface area contributed by atoms with Crippen LogP contribution in [-0.4, -0.2) is 19.2 Å². The minimum atomic E-state index is -0.461. The Kier molecular flexibility index (Phi) is 5.72. The van der Waals surface area contributed by atoms with Crippen LogP contribution >= 0.6 is 11.6 Å². The van der Waals surface area contributed by atoms with Gasteiger partial charge in [-0.3, -0.25) is 5.32 Å². The molecule has 4 nitrogen and oxygen atoms in total. The zero-order valence-electron chi connectivity index (χ0n) is 13.4. The lowest BCUT2D eigenvalue weighted by Gasteiger charge is -2.23. The van der Waals surface area contributed by atoms with Crippen LogP contribution in [0.2, 0.25) is 5.02 Å². The third kappa shape index (κ3) is 4.73. The Morgan fingerprint density at radius 2 is 1.92 bits per heavy atom. The molecule has 1 amide bonds. The average Bonchev–Trinajstić information content (AvgIpc) is 2.63. The van der Waals surface area contributed by atoms with E-state index in [1.807, 2.05) is 24.3 Å². The summed E-state index contributed by atoms with van der Waals surface area (Å²) >= 11 is 5.83. The monoisotopic (exact) mass is 344 g/mol. The average molecular weight is 345 g/mol. The summed E-state index contributed by atoms with van der Waals surface area (Å²) in [5.74, 6) is 0.560. The first-order chi connectivity index (χ1) is 11.7. The number of halogens is 1. The molecule has 1 saturated heterocycles. The van der Waals surface area contributed by atoms with Gasteiger partial charge in [0.1, 0.15) is 6.61 Å². The minimum absolute atomic E-state index is 0.217. The Labute approximate surface area is 147 Å². The van der Waals surface area contributed by atoms with E-state index < -0.39 is 6.09 Å². The number of anilines is 1. The lowest BCUT2D eigenvalue weighted by molar-refractivity contribution is 0.155. The first-order valence-corrected chi connectivity index (χ1v) is 8.57. The maximum absolute atomic E-state index is 11.9. The van der Waals surface area contributed by atoms with E-state index in [0.29, 0.717) is 10.9 Å². The number of benzene rings is 2. The molecule has 1 aliphatic heterocycles. The normalized spacial score (nSPS) is 17.3. The van der Waals surface area contributed by atoms with Crippen molar-refractivity contribution in [2.24, 2.45) is 0 Å². The molecule has 1 aliphatic rings. The van der Waals surface area contributed by atoms with Gasteiger partial charge < -0.3 is 10.1 Å². The van der Waals surface area contributed by atoms with E-state index in [1.54, 1.807) is 12.1 Å². The van der Waals surface area contributed by atoms with Gasteiger partial charge in [-0.25, -0.2) is 4.79 Å². The van der Waals surface area contributed by atoms with E-state index in [1.165, 1.54) is 18.4 Å². The summed E-state index contributed by atoms with van der Waals surface area (Å²) in [5, 5.41) is 6.83. The van der Waals surface area contributed by atoms with Gasteiger partial charge in [-0.1, -0.05) is 35.9 Å². The molecule has 1 heterocycles. The highest BCUT2D eigenvalue weighted by molar-refractivity contribution is 6.30. The molecular formula is C19H21ClN2O2. The van der Waals surface area contributed by atoms with Crippen molar-refractivity contribution in [1.82, 2.24) is 5.32 Å². The van der Waals surface area contributed by atoms with Gasteiger partial charge in [-0.05, 0) is 60.7 Å². The molecule has 0 aromatic heterocycles. The molecule has 24 heavy (non-hydrogen) atoms. The summed E-state index contributed by atoms with van der Waals surface area (Å²) in [4.78, 5) is 11.9. The number of hydrogen-bond donors (Lipinski definition) is 2. The molecule has 1 fully saturated rings. The Hall–Kier alpha value is -2.04. The number of carbonyl (C=O) groups excluding carboxylic acids is 1. The molecule has 0 saturated carbocycles. The van der Waals surface area contributed by atoms with Gasteiger partial charge in [-0.15, -0.1) is 0 Å². The van der Waals surface area contributed by atoms with Crippen LogP contribution in [-0.2, 0) is 11.3 Å². The number of nitrogens with one attached hydrogen (secondary N) is 2. The first kappa shape index (κ1) is 16.8. The van der Waals surface area contributed by atoms with Crippen LogP contribution in [0.1, 0.15) is 29.9 Å². The second-order valence-electron chi connectivity index (χ2n) is 5.99. The number of amides is 1. The Morgan fingerprint density at radius 3 is 2.58 bits per heavy atom. The van der Waals surface area contributed by atoms with Crippen LogP contribution < -0.4 is 10.6 Å². The fourth-order valence-electron chi connectivity index (χ4n) is 2.86. The minimum Gasteiger partial charge on any atom is -0.444 e. The van der Waals surface area contributed by atoms with Crippen molar-refractivity contribution in [3.05, 3.63) is 64.7 Å². The van der Waals surface area contributed by atoms with E-state index in [2.05, 4.69) is 22.8 Å². The Bertz CT molecular complexity index is 665. The topological polar surface area (TPSA) is 50.4 Å². The molecule has 0 aliphatic carbocycles. The van der Waals surface area contributed by atoms with Crippen molar-refractivity contribution in [3.63, 3.8) is 0 Å². The fourth-order valence-corrected chi connectivity index (χ4v) is 2.98. The zero-order chi connectivity index (χ0) is 16.8. The highest BCUT2D eigenvalue weighted by Crippen LogP contribution is 2.24. The largest absolute Gasteiger partial charge is 0.444 e. The molecular weight excluding hydrogens is 324 g/mol. The third-order valence-electron chi connectivity index (χ3n) is 4.21. The van der Waals surface area contributed by atoms with E-state index in [4.69, 9.17) is 16.3 Å². The second-order valence-corrected chi connectivity index (χ2v) is 6.43. The SMILES string of the molecule is O=C(Nc1ccc([C@@H]2CCCNC2)cc1)OCc1ccc(Cl)cc1. The molecule has 0 bridgehead atoms. The van der Waals surface area contributed by atoms with Crippen LogP contribution in [0.25, 0.3) is 0 Å². The lowest BCUT2D eigenvalue weighted by Crippen LogP contribution is -2.28. The van der Waals surface area contributed by atoms with Gasteiger partial charge in [-0.2, -0.15) is 0 Å². The van der Waals surface area contributed by atoms with E-state index in [9.17, 15) is 4.79 Å². The van der Waals surface area contributed by atoms with E-state index >= 15 is 0 Å². The predicted molar refractivity (Wildman–Crippen MR) is 96.5 cm³/mol. The highest BCUT2D eigenvalue weighted by atomic mass is 35.5. The van der Waals surface area contributed by atoms with Crippen molar-refractivity contribution in [3.8, 4) is 0 Å². The molecule has 2 N–H and O–H groups in total. The predicted octanol–water partition coefficient (Wildman–Crippen LogP) is 4.56. The van der Waals surface area contributed by atoms with Gasteiger partial charge in [0.05, 0.1) is 0 Å². The highest BCUT2D eigenvalue weighted by Gasteiger charge is 2.14. The van der Waals surface area contributed by atoms with Gasteiger partial charge in [0, 0.05) is 17.3 Å². The van der Waals surface area contributed by atoms with Crippen LogP contribution in [0.5, 0.6) is 0 Å². The summed E-state index contributed by atoms with van der Waals surface area (Å²) in [6.45, 7) is 2.35. The maximum atomic E-state index is 11.9. The summed E-state index contributed by atoms with van der Waals surface area (Å²) in [5.41, 5.74) is 2.95. The number of ether oxygens (including phenoxy) is 1. The molecule has 2 aromatic carbocycles. The Morgan fingerprint density at radius 1 is 1.17 bits per heavy atom. The molecule has 2 aromatic rings. The van der Waals surface area contributed by atoms with Gasteiger partial charge in [0.2, 0.25) is 0 Å². The van der Waals surface area contributed by atoms with E-state index in [-0.39, 0.29) is 6.61 Å². The molecule has 0 unspecified atom stereocenters. The smallest absolute Gasteiger partial charge is 0.411 e. The van der Waals surface area contributed by atoms with Gasteiger partial charge in [0.25, 0.3) is 0 Å². The summed E-state index contributed by atoms with van der Waals surface area (Å²) < 4.78 is 5.22. The second kappa shape index (κ2) is 8.18. The zero-order valence-corrected chi connectivity index (χ0v) is 14.2. The maximum Gasteiger partial charge on any atom is 0.411 e. The van der Waals surface area contributed by atoms with E-state index in [0.717, 1.165) is 24.3 Å². The summed E-state index contributed by atoms with van der Waals surface area (Å²) in [6.07, 6.45) is 1.96. The number of rotatable bonds is 4. The fraction of sp³-hybridized carbons (Fsp3) is 0.316. The van der Waals surface area contributed by atoms with Crippen molar-refractivity contribution < 1.29 is 9.53 Å². The van der Waals surface area contributed by atoms with Gasteiger partial charge >= 0.3 is 6.09 Å². The summed E-state index contributed by atoms with van der Waals surface area (Å²) in [7, 11) is 0. The van der Waals surface area contributed by atoms with Crippen LogP contribution in [0.3, 0.4) is 0 Å². The molecule has 3 rings (SSSR count). The van der Waals surface area contributed by atoms with Crippen molar-refractivity contribution in [2.45, 2.75) is 25.4 Å². The molecule has 1 atom stereocenters. The van der Waals surface area contributed by atoms with Crippen molar-refractivity contribution in [1.29, 1.82) is 0 Å². The number of piperidine rings is 1. The third-order valence-corrected chi connectivity index (χ3v) is 4.46. The first-order valence-electron chi connectivity index (χ1n) is 8.19. The number of carbonyl (C=O) groups is 1. The summed E-state index contributed by atoms with van der Waals surface area (Å²) in [6, 6.07) is 15.2. The van der Waals surface area contributed by atoms with Crippen LogP contribution in [0, 0.1) is 0 Å². The quantitative estimate of drug-likeness (QED) is 0.855. The van der Waals surface area contributed by atoms with Crippen molar-refractivity contribution >= 4 is 23.4 Å². The number of hydrogen-bond acceptors (Lipinski definition) is 3. The van der Waals surface area contributed by atoms with Gasteiger partial charge in [0.15, 0.2) is 0 Å².